The number of H-pyrrole nitrogens is 1. The fourth-order valence-electron chi connectivity index (χ4n) is 4.76. The Balaban J connectivity index is 1.32. The molecule has 1 saturated heterocycles. The van der Waals surface area contributed by atoms with E-state index in [2.05, 4.69) is 32.4 Å². The minimum absolute atomic E-state index is 0.00909. The molecule has 1 amide bonds. The quantitative estimate of drug-likeness (QED) is 0.508. The summed E-state index contributed by atoms with van der Waals surface area (Å²) >= 11 is 1.41. The van der Waals surface area contributed by atoms with Gasteiger partial charge < -0.3 is 15.4 Å². The number of carbonyl (C=O) groups is 1. The van der Waals surface area contributed by atoms with Gasteiger partial charge in [-0.3, -0.25) is 14.5 Å². The molecule has 8 nitrogen and oxygen atoms in total. The van der Waals surface area contributed by atoms with Gasteiger partial charge in [0.05, 0.1) is 34.5 Å². The predicted octanol–water partition coefficient (Wildman–Crippen LogP) is 2.81. The van der Waals surface area contributed by atoms with Gasteiger partial charge in [-0.15, -0.1) is 0 Å². The number of aryl methyl sites for hydroxylation is 2. The van der Waals surface area contributed by atoms with Crippen LogP contribution in [0, 0.1) is 0 Å². The summed E-state index contributed by atoms with van der Waals surface area (Å²) < 4.78 is 30.5. The summed E-state index contributed by atoms with van der Waals surface area (Å²) in [4.78, 5) is 37.2. The Bertz CT molecular complexity index is 1270. The molecule has 0 saturated carbocycles. The van der Waals surface area contributed by atoms with Crippen LogP contribution < -0.4 is 10.9 Å². The van der Waals surface area contributed by atoms with Gasteiger partial charge in [-0.05, 0) is 49.4 Å². The molecule has 3 heterocycles. The highest BCUT2D eigenvalue weighted by Crippen LogP contribution is 2.40. The van der Waals surface area contributed by atoms with E-state index >= 15 is 0 Å². The molecule has 3 N–H and O–H groups in total. The van der Waals surface area contributed by atoms with Crippen LogP contribution in [-0.2, 0) is 24.2 Å². The van der Waals surface area contributed by atoms with Crippen molar-refractivity contribution in [1.29, 1.82) is 0 Å². The number of hydrogen-bond acceptors (Lipinski definition) is 7. The lowest BCUT2D eigenvalue weighted by molar-refractivity contribution is -0.125. The molecule has 1 aliphatic carbocycles. The van der Waals surface area contributed by atoms with Crippen molar-refractivity contribution in [2.75, 3.05) is 18.4 Å². The molecule has 0 bridgehead atoms. The average molecular weight is 490 g/mol. The molecule has 2 atom stereocenters. The lowest BCUT2D eigenvalue weighted by atomic mass is 9.89. The monoisotopic (exact) mass is 489 g/mol. The summed E-state index contributed by atoms with van der Waals surface area (Å²) in [5, 5.41) is 12.6. The number of fused-ring (bicyclic) bond motifs is 2. The smallest absolute Gasteiger partial charge is 0.272 e. The van der Waals surface area contributed by atoms with E-state index in [4.69, 9.17) is 0 Å². The molecule has 0 spiro atoms. The number of aliphatic hydroxyl groups excluding tert-OH is 1. The van der Waals surface area contributed by atoms with Gasteiger partial charge in [0.2, 0.25) is 5.91 Å². The topological polar surface area (TPSA) is 111 Å². The molecule has 1 aliphatic heterocycles. The second-order valence-electron chi connectivity index (χ2n) is 8.94. The number of likely N-dealkylation sites (tertiary alicyclic amines) is 1. The molecule has 34 heavy (non-hydrogen) atoms. The number of aromatic nitrogens is 3. The Hall–Kier alpha value is -2.76. The maximum atomic E-state index is 14.8. The van der Waals surface area contributed by atoms with E-state index in [0.717, 1.165) is 35.7 Å². The fourth-order valence-corrected chi connectivity index (χ4v) is 5.67. The van der Waals surface area contributed by atoms with E-state index in [0.29, 0.717) is 5.13 Å². The molecule has 0 radical (unpaired) electrons. The van der Waals surface area contributed by atoms with E-state index in [1.165, 1.54) is 22.5 Å². The number of halogens is 2. The lowest BCUT2D eigenvalue weighted by Gasteiger charge is -2.40. The second-order valence-corrected chi connectivity index (χ2v) is 9.97. The van der Waals surface area contributed by atoms with Gasteiger partial charge in [0.15, 0.2) is 5.13 Å². The third kappa shape index (κ3) is 4.23. The number of benzene rings is 1. The van der Waals surface area contributed by atoms with Crippen molar-refractivity contribution in [3.8, 4) is 0 Å². The zero-order valence-electron chi connectivity index (χ0n) is 18.6. The van der Waals surface area contributed by atoms with Crippen LogP contribution >= 0.6 is 11.3 Å². The number of piperidine rings is 1. The minimum Gasteiger partial charge on any atom is -0.390 e. The Morgan fingerprint density at radius 3 is 2.88 bits per heavy atom. The van der Waals surface area contributed by atoms with Crippen LogP contribution in [0.3, 0.4) is 0 Å². The molecule has 3 aromatic rings. The number of rotatable bonds is 5. The normalized spacial score (nSPS) is 20.9. The summed E-state index contributed by atoms with van der Waals surface area (Å²) in [7, 11) is 0. The number of alkyl halides is 2. The van der Waals surface area contributed by atoms with Gasteiger partial charge in [-0.2, -0.15) is 0 Å². The van der Waals surface area contributed by atoms with Crippen molar-refractivity contribution in [1.82, 2.24) is 19.9 Å². The Morgan fingerprint density at radius 2 is 2.12 bits per heavy atom. The van der Waals surface area contributed by atoms with Crippen molar-refractivity contribution in [2.45, 2.75) is 57.1 Å². The summed E-state index contributed by atoms with van der Waals surface area (Å²) in [6.07, 6.45) is 3.97. The van der Waals surface area contributed by atoms with Crippen LogP contribution in [-0.4, -0.2) is 55.9 Å². The lowest BCUT2D eigenvalue weighted by Crippen LogP contribution is -2.52. The van der Waals surface area contributed by atoms with Crippen molar-refractivity contribution in [3.05, 3.63) is 51.2 Å². The summed E-state index contributed by atoms with van der Waals surface area (Å²) in [5.74, 6) is -4.69. The van der Waals surface area contributed by atoms with E-state index in [9.17, 15) is 23.5 Å². The number of nitrogens with zero attached hydrogens (tertiary/aromatic N) is 3. The molecular weight excluding hydrogens is 464 g/mol. The molecule has 2 aromatic heterocycles. The van der Waals surface area contributed by atoms with Gasteiger partial charge in [0, 0.05) is 25.7 Å². The van der Waals surface area contributed by atoms with Crippen molar-refractivity contribution in [3.63, 3.8) is 0 Å². The van der Waals surface area contributed by atoms with Gasteiger partial charge in [0.25, 0.3) is 11.5 Å². The zero-order valence-corrected chi connectivity index (χ0v) is 19.4. The number of aliphatic hydroxyl groups is 1. The summed E-state index contributed by atoms with van der Waals surface area (Å²) in [5.41, 5.74) is 2.67. The van der Waals surface area contributed by atoms with Crippen molar-refractivity contribution < 1.29 is 18.7 Å². The van der Waals surface area contributed by atoms with Gasteiger partial charge in [-0.1, -0.05) is 11.3 Å². The highest BCUT2D eigenvalue weighted by Gasteiger charge is 2.47. The number of nitrogens with one attached hydrogen (secondary N) is 2. The highest BCUT2D eigenvalue weighted by atomic mass is 32.1. The molecular formula is C23H25F2N5O3S. The first-order valence-corrected chi connectivity index (χ1v) is 12.1. The molecule has 180 valence electrons. The van der Waals surface area contributed by atoms with Gasteiger partial charge in [0.1, 0.15) is 5.69 Å². The minimum atomic E-state index is -3.06. The van der Waals surface area contributed by atoms with Crippen LogP contribution in [0.1, 0.15) is 48.2 Å². The average Bonchev–Trinajstić information content (AvgIpc) is 3.42. The van der Waals surface area contributed by atoms with Crippen LogP contribution in [0.2, 0.25) is 0 Å². The first-order chi connectivity index (χ1) is 16.2. The highest BCUT2D eigenvalue weighted by molar-refractivity contribution is 7.22. The number of carbonyl (C=O) groups excluding carboxylic acids is 1. The fraction of sp³-hybridized carbons (Fsp3) is 0.478. The summed E-state index contributed by atoms with van der Waals surface area (Å²) in [6, 6.07) is 3.56. The summed E-state index contributed by atoms with van der Waals surface area (Å²) in [6.45, 7) is 0.964. The second kappa shape index (κ2) is 8.79. The molecule has 1 fully saturated rings. The van der Waals surface area contributed by atoms with Crippen LogP contribution in [0.15, 0.2) is 23.1 Å². The largest absolute Gasteiger partial charge is 0.390 e. The van der Waals surface area contributed by atoms with Crippen LogP contribution in [0.4, 0.5) is 13.9 Å². The molecule has 1 aromatic carbocycles. The number of hydrogen-bond donors (Lipinski definition) is 3. The van der Waals surface area contributed by atoms with E-state index < -0.39 is 36.5 Å². The Morgan fingerprint density at radius 1 is 1.35 bits per heavy atom. The Kier molecular flexibility index (Phi) is 5.95. The number of anilines is 1. The van der Waals surface area contributed by atoms with Gasteiger partial charge in [-0.25, -0.2) is 18.7 Å². The maximum Gasteiger partial charge on any atom is 0.272 e. The van der Waals surface area contributed by atoms with E-state index in [1.54, 1.807) is 11.8 Å². The maximum absolute atomic E-state index is 14.8. The standard InChI is InChI=1S/C23H25F2N5O3S/c1-12(20(32)29-22-28-16-7-13-3-2-4-14(13)8-19(16)34-22)30-6-5-23(24,25)15(10-30)17-9-26-21(33)18(11-31)27-17/h7-9,12,15,31H,2-6,10-11H2,1H3,(H,26,33)(H,28,29,32)/t12-,15?/m0/s1. The van der Waals surface area contributed by atoms with Crippen molar-refractivity contribution in [2.24, 2.45) is 0 Å². The molecule has 5 rings (SSSR count). The Labute approximate surface area is 198 Å². The molecule has 11 heteroatoms. The van der Waals surface area contributed by atoms with E-state index in [1.807, 2.05) is 0 Å². The third-order valence-electron chi connectivity index (χ3n) is 6.80. The zero-order chi connectivity index (χ0) is 24.0. The van der Waals surface area contributed by atoms with Crippen LogP contribution in [0.5, 0.6) is 0 Å². The van der Waals surface area contributed by atoms with Gasteiger partial charge >= 0.3 is 0 Å². The number of thiazole rings is 1. The van der Waals surface area contributed by atoms with Crippen LogP contribution in [0.25, 0.3) is 10.2 Å². The SMILES string of the molecule is C[C@@H](C(=O)Nc1nc2cc3c(cc2s1)CCC3)N1CCC(F)(F)C(c2c[nH]c(=O)c(CO)n2)C1. The van der Waals surface area contributed by atoms with Crippen molar-refractivity contribution >= 4 is 32.6 Å². The first kappa shape index (κ1) is 23.0. The molecule has 1 unspecified atom stereocenters. The molecule has 2 aliphatic rings. The third-order valence-corrected chi connectivity index (χ3v) is 7.74. The first-order valence-electron chi connectivity index (χ1n) is 11.3. The van der Waals surface area contributed by atoms with E-state index in [-0.39, 0.29) is 30.4 Å². The number of aromatic amines is 1. The number of amides is 1. The predicted molar refractivity (Wildman–Crippen MR) is 124 cm³/mol.